The van der Waals surface area contributed by atoms with Crippen LogP contribution in [0, 0.1) is 0 Å². The summed E-state index contributed by atoms with van der Waals surface area (Å²) in [5, 5.41) is 12.4. The predicted octanol–water partition coefficient (Wildman–Crippen LogP) is 2.12. The summed E-state index contributed by atoms with van der Waals surface area (Å²) in [7, 11) is 1.67. The van der Waals surface area contributed by atoms with Crippen LogP contribution in [0.15, 0.2) is 24.3 Å². The van der Waals surface area contributed by atoms with Gasteiger partial charge in [0.15, 0.2) is 0 Å². The number of hydrogen-bond donors (Lipinski definition) is 2. The molecule has 0 aromatic heterocycles. The molecular formula is C13H21NO2. The summed E-state index contributed by atoms with van der Waals surface area (Å²) in [6, 6.07) is 8.45. The van der Waals surface area contributed by atoms with E-state index in [0.29, 0.717) is 0 Å². The van der Waals surface area contributed by atoms with Gasteiger partial charge in [-0.15, -0.1) is 0 Å². The average molecular weight is 223 g/mol. The molecule has 3 heteroatoms. The van der Waals surface area contributed by atoms with E-state index in [1.165, 1.54) is 5.56 Å². The van der Waals surface area contributed by atoms with E-state index in [1.54, 1.807) is 7.11 Å². The van der Waals surface area contributed by atoms with Crippen molar-refractivity contribution < 1.29 is 9.84 Å². The minimum Gasteiger partial charge on any atom is -0.497 e. The summed E-state index contributed by atoms with van der Waals surface area (Å²) in [5.41, 5.74) is 1.23. The fourth-order valence-corrected chi connectivity index (χ4v) is 1.68. The standard InChI is InChI=1S/C13H21NO2/c1-4-13(14-10(2)9-15)11-5-7-12(16-3)8-6-11/h5-8,10,13-15H,4,9H2,1-3H3/t10-,13?/m0/s1. The fourth-order valence-electron chi connectivity index (χ4n) is 1.68. The summed E-state index contributed by atoms with van der Waals surface area (Å²) in [5.74, 6) is 0.869. The van der Waals surface area contributed by atoms with Crippen LogP contribution in [0.5, 0.6) is 5.75 Å². The molecule has 0 radical (unpaired) electrons. The average Bonchev–Trinajstić information content (AvgIpc) is 2.35. The maximum absolute atomic E-state index is 9.03. The van der Waals surface area contributed by atoms with E-state index in [1.807, 2.05) is 19.1 Å². The maximum Gasteiger partial charge on any atom is 0.118 e. The zero-order chi connectivity index (χ0) is 12.0. The molecule has 90 valence electrons. The molecule has 0 aliphatic carbocycles. The molecule has 0 saturated heterocycles. The summed E-state index contributed by atoms with van der Waals surface area (Å²) >= 11 is 0. The van der Waals surface area contributed by atoms with Gasteiger partial charge >= 0.3 is 0 Å². The van der Waals surface area contributed by atoms with Gasteiger partial charge < -0.3 is 15.2 Å². The van der Waals surface area contributed by atoms with Gasteiger partial charge in [0.1, 0.15) is 5.75 Å². The van der Waals surface area contributed by atoms with Crippen molar-refractivity contribution in [1.82, 2.24) is 5.32 Å². The normalized spacial score (nSPS) is 14.5. The van der Waals surface area contributed by atoms with Gasteiger partial charge in [0.2, 0.25) is 0 Å². The molecule has 0 fully saturated rings. The second-order valence-corrected chi connectivity index (χ2v) is 3.98. The Morgan fingerprint density at radius 3 is 2.38 bits per heavy atom. The Morgan fingerprint density at radius 2 is 1.94 bits per heavy atom. The van der Waals surface area contributed by atoms with Crippen molar-refractivity contribution in [2.75, 3.05) is 13.7 Å². The molecule has 1 aromatic rings. The molecule has 1 aromatic carbocycles. The van der Waals surface area contributed by atoms with Crippen LogP contribution >= 0.6 is 0 Å². The molecule has 2 atom stereocenters. The van der Waals surface area contributed by atoms with Crippen molar-refractivity contribution in [1.29, 1.82) is 0 Å². The van der Waals surface area contributed by atoms with E-state index in [2.05, 4.69) is 24.4 Å². The highest BCUT2D eigenvalue weighted by molar-refractivity contribution is 5.29. The van der Waals surface area contributed by atoms with E-state index in [9.17, 15) is 0 Å². The second kappa shape index (κ2) is 6.51. The van der Waals surface area contributed by atoms with Crippen LogP contribution in [0.1, 0.15) is 31.9 Å². The maximum atomic E-state index is 9.03. The molecule has 1 rings (SSSR count). The fraction of sp³-hybridized carbons (Fsp3) is 0.538. The van der Waals surface area contributed by atoms with Crippen LogP contribution in [-0.4, -0.2) is 24.9 Å². The van der Waals surface area contributed by atoms with Gasteiger partial charge in [0.25, 0.3) is 0 Å². The third kappa shape index (κ3) is 3.51. The van der Waals surface area contributed by atoms with E-state index in [0.717, 1.165) is 12.2 Å². The van der Waals surface area contributed by atoms with Gasteiger partial charge in [-0.25, -0.2) is 0 Å². The number of aliphatic hydroxyl groups excluding tert-OH is 1. The first-order valence-electron chi connectivity index (χ1n) is 5.72. The zero-order valence-corrected chi connectivity index (χ0v) is 10.2. The number of ether oxygens (including phenoxy) is 1. The lowest BCUT2D eigenvalue weighted by Crippen LogP contribution is -2.32. The lowest BCUT2D eigenvalue weighted by molar-refractivity contribution is 0.239. The van der Waals surface area contributed by atoms with Crippen LogP contribution in [0.4, 0.5) is 0 Å². The quantitative estimate of drug-likeness (QED) is 0.776. The van der Waals surface area contributed by atoms with Gasteiger partial charge in [-0.2, -0.15) is 0 Å². The van der Waals surface area contributed by atoms with Crippen LogP contribution in [-0.2, 0) is 0 Å². The number of methoxy groups -OCH3 is 1. The molecule has 0 spiro atoms. The lowest BCUT2D eigenvalue weighted by atomic mass is 10.0. The Balaban J connectivity index is 2.70. The molecule has 0 heterocycles. The highest BCUT2D eigenvalue weighted by Crippen LogP contribution is 2.20. The Labute approximate surface area is 97.4 Å². The number of rotatable bonds is 6. The highest BCUT2D eigenvalue weighted by Gasteiger charge is 2.11. The van der Waals surface area contributed by atoms with Crippen LogP contribution in [0.2, 0.25) is 0 Å². The van der Waals surface area contributed by atoms with Gasteiger partial charge in [-0.3, -0.25) is 0 Å². The van der Waals surface area contributed by atoms with Gasteiger partial charge in [-0.1, -0.05) is 19.1 Å². The molecule has 3 nitrogen and oxygen atoms in total. The zero-order valence-electron chi connectivity index (χ0n) is 10.2. The molecule has 0 aliphatic rings. The minimum atomic E-state index is 0.118. The third-order valence-corrected chi connectivity index (χ3v) is 2.69. The molecular weight excluding hydrogens is 202 g/mol. The molecule has 1 unspecified atom stereocenters. The van der Waals surface area contributed by atoms with Crippen molar-refractivity contribution in [2.24, 2.45) is 0 Å². The number of nitrogens with one attached hydrogen (secondary N) is 1. The minimum absolute atomic E-state index is 0.118. The highest BCUT2D eigenvalue weighted by atomic mass is 16.5. The van der Waals surface area contributed by atoms with E-state index >= 15 is 0 Å². The predicted molar refractivity (Wildman–Crippen MR) is 65.7 cm³/mol. The SMILES string of the molecule is CCC(N[C@@H](C)CO)c1ccc(OC)cc1. The molecule has 0 aliphatic heterocycles. The number of aliphatic hydroxyl groups is 1. The third-order valence-electron chi connectivity index (χ3n) is 2.69. The van der Waals surface area contributed by atoms with Gasteiger partial charge in [-0.05, 0) is 31.0 Å². The Morgan fingerprint density at radius 1 is 1.31 bits per heavy atom. The monoisotopic (exact) mass is 223 g/mol. The number of hydrogen-bond acceptors (Lipinski definition) is 3. The van der Waals surface area contributed by atoms with Crippen molar-refractivity contribution >= 4 is 0 Å². The van der Waals surface area contributed by atoms with Crippen molar-refractivity contribution in [3.05, 3.63) is 29.8 Å². The topological polar surface area (TPSA) is 41.5 Å². The van der Waals surface area contributed by atoms with Crippen LogP contribution in [0.3, 0.4) is 0 Å². The largest absolute Gasteiger partial charge is 0.497 e. The summed E-state index contributed by atoms with van der Waals surface area (Å²) in [6.07, 6.45) is 0.997. The van der Waals surface area contributed by atoms with E-state index < -0.39 is 0 Å². The van der Waals surface area contributed by atoms with Crippen molar-refractivity contribution in [3.63, 3.8) is 0 Å². The van der Waals surface area contributed by atoms with Crippen molar-refractivity contribution in [2.45, 2.75) is 32.4 Å². The van der Waals surface area contributed by atoms with Crippen molar-refractivity contribution in [3.8, 4) is 5.75 Å². The Bertz CT molecular complexity index is 297. The smallest absolute Gasteiger partial charge is 0.118 e. The summed E-state index contributed by atoms with van der Waals surface area (Å²) < 4.78 is 5.12. The molecule has 0 amide bonds. The first-order chi connectivity index (χ1) is 7.71. The molecule has 0 bridgehead atoms. The summed E-state index contributed by atoms with van der Waals surface area (Å²) in [4.78, 5) is 0. The van der Waals surface area contributed by atoms with Gasteiger partial charge in [0, 0.05) is 12.1 Å². The Kier molecular flexibility index (Phi) is 5.29. The van der Waals surface area contributed by atoms with E-state index in [-0.39, 0.29) is 18.7 Å². The molecule has 0 saturated carbocycles. The lowest BCUT2D eigenvalue weighted by Gasteiger charge is -2.21. The summed E-state index contributed by atoms with van der Waals surface area (Å²) in [6.45, 7) is 4.27. The molecule has 2 N–H and O–H groups in total. The van der Waals surface area contributed by atoms with Crippen LogP contribution < -0.4 is 10.1 Å². The number of benzene rings is 1. The first-order valence-corrected chi connectivity index (χ1v) is 5.72. The van der Waals surface area contributed by atoms with E-state index in [4.69, 9.17) is 9.84 Å². The van der Waals surface area contributed by atoms with Crippen LogP contribution in [0.25, 0.3) is 0 Å². The Hall–Kier alpha value is -1.06. The second-order valence-electron chi connectivity index (χ2n) is 3.98. The van der Waals surface area contributed by atoms with Gasteiger partial charge in [0.05, 0.1) is 13.7 Å². The molecule has 16 heavy (non-hydrogen) atoms. The first kappa shape index (κ1) is 13.0.